The number of esters is 1. The molecular weight excluding hydrogens is 300 g/mol. The normalized spacial score (nSPS) is 11.5. The molecule has 23 heavy (non-hydrogen) atoms. The first kappa shape index (κ1) is 16.1. The molecule has 1 aromatic carbocycles. The van der Waals surface area contributed by atoms with Gasteiger partial charge in [0.15, 0.2) is 16.9 Å². The first-order valence-corrected chi connectivity index (χ1v) is 6.71. The van der Waals surface area contributed by atoms with Gasteiger partial charge in [0.2, 0.25) is 0 Å². The zero-order chi connectivity index (χ0) is 17.0. The predicted molar refractivity (Wildman–Crippen MR) is 82.4 cm³/mol. The van der Waals surface area contributed by atoms with E-state index in [4.69, 9.17) is 24.9 Å². The van der Waals surface area contributed by atoms with Crippen LogP contribution in [0.15, 0.2) is 39.1 Å². The molecule has 2 N–H and O–H groups in total. The third-order valence-corrected chi connectivity index (χ3v) is 3.09. The summed E-state index contributed by atoms with van der Waals surface area (Å²) in [5.74, 6) is -0.503. The third-order valence-electron chi connectivity index (χ3n) is 3.09. The molecule has 1 aromatic heterocycles. The Balaban J connectivity index is 2.68. The van der Waals surface area contributed by atoms with Crippen molar-refractivity contribution in [3.8, 4) is 11.8 Å². The summed E-state index contributed by atoms with van der Waals surface area (Å²) in [6.07, 6.45) is 0. The van der Waals surface area contributed by atoms with Gasteiger partial charge < -0.3 is 19.6 Å². The van der Waals surface area contributed by atoms with Gasteiger partial charge in [-0.05, 0) is 19.1 Å². The maximum atomic E-state index is 12.1. The number of para-hydroxylation sites is 1. The first-order valence-electron chi connectivity index (χ1n) is 6.71. The van der Waals surface area contributed by atoms with Gasteiger partial charge in [0.05, 0.1) is 25.0 Å². The number of nitrogens with zero attached hydrogens (tertiary/aromatic N) is 1. The van der Waals surface area contributed by atoms with E-state index in [1.54, 1.807) is 31.2 Å². The van der Waals surface area contributed by atoms with E-state index in [2.05, 4.69) is 0 Å². The van der Waals surface area contributed by atoms with Crippen LogP contribution in [0.5, 0.6) is 5.75 Å². The number of nitriles is 1. The maximum Gasteiger partial charge on any atom is 0.351 e. The number of rotatable bonds is 4. The topological polar surface area (TPSA) is 116 Å². The molecular formula is C16H14N2O5. The van der Waals surface area contributed by atoms with Gasteiger partial charge >= 0.3 is 11.6 Å². The number of carbonyl (C=O) groups is 1. The van der Waals surface area contributed by atoms with E-state index in [0.717, 1.165) is 0 Å². The minimum atomic E-state index is -0.891. The smallest absolute Gasteiger partial charge is 0.351 e. The lowest BCUT2D eigenvalue weighted by molar-refractivity contribution is -0.137. The van der Waals surface area contributed by atoms with E-state index < -0.39 is 17.2 Å². The van der Waals surface area contributed by atoms with E-state index in [9.17, 15) is 9.59 Å². The molecule has 0 aliphatic rings. The van der Waals surface area contributed by atoms with E-state index in [1.165, 1.54) is 13.2 Å². The first-order chi connectivity index (χ1) is 11.0. The number of ether oxygens (including phenoxy) is 2. The van der Waals surface area contributed by atoms with Gasteiger partial charge in [-0.3, -0.25) is 0 Å². The van der Waals surface area contributed by atoms with Gasteiger partial charge in [-0.15, -0.1) is 0 Å². The molecule has 0 aliphatic carbocycles. The summed E-state index contributed by atoms with van der Waals surface area (Å²) in [6.45, 7) is 1.68. The second-order valence-corrected chi connectivity index (χ2v) is 4.45. The monoisotopic (exact) mass is 314 g/mol. The largest absolute Gasteiger partial charge is 0.493 e. The molecule has 0 bridgehead atoms. The lowest BCUT2D eigenvalue weighted by Crippen LogP contribution is -2.17. The Labute approximate surface area is 131 Å². The van der Waals surface area contributed by atoms with Gasteiger partial charge in [0, 0.05) is 5.39 Å². The van der Waals surface area contributed by atoms with Crippen molar-refractivity contribution < 1.29 is 18.7 Å². The van der Waals surface area contributed by atoms with Crippen LogP contribution in [0.4, 0.5) is 0 Å². The summed E-state index contributed by atoms with van der Waals surface area (Å²) in [4.78, 5) is 23.9. The predicted octanol–water partition coefficient (Wildman–Crippen LogP) is 1.56. The summed E-state index contributed by atoms with van der Waals surface area (Å²) in [5.41, 5.74) is 4.46. The van der Waals surface area contributed by atoms with Crippen molar-refractivity contribution in [2.24, 2.45) is 5.73 Å². The van der Waals surface area contributed by atoms with Gasteiger partial charge in [-0.25, -0.2) is 9.59 Å². The van der Waals surface area contributed by atoms with Crippen molar-refractivity contribution in [3.63, 3.8) is 0 Å². The number of hydrogen-bond donors (Lipinski definition) is 1. The van der Waals surface area contributed by atoms with Crippen LogP contribution in [0.1, 0.15) is 12.5 Å². The Morgan fingerprint density at radius 1 is 1.43 bits per heavy atom. The number of nitrogens with two attached hydrogens (primary N) is 1. The lowest BCUT2D eigenvalue weighted by Gasteiger charge is -2.07. The lowest BCUT2D eigenvalue weighted by atomic mass is 10.1. The maximum absolute atomic E-state index is 12.1. The van der Waals surface area contributed by atoms with Gasteiger partial charge in [-0.1, -0.05) is 12.1 Å². The molecule has 0 amide bonds. The molecule has 0 saturated carbocycles. The van der Waals surface area contributed by atoms with Crippen LogP contribution in [0.3, 0.4) is 0 Å². The van der Waals surface area contributed by atoms with E-state index >= 15 is 0 Å². The van der Waals surface area contributed by atoms with Crippen molar-refractivity contribution in [2.45, 2.75) is 6.92 Å². The fourth-order valence-corrected chi connectivity index (χ4v) is 2.02. The molecule has 0 unspecified atom stereocenters. The van der Waals surface area contributed by atoms with E-state index in [1.807, 2.05) is 0 Å². The van der Waals surface area contributed by atoms with Crippen LogP contribution in [-0.4, -0.2) is 19.7 Å². The van der Waals surface area contributed by atoms with Crippen LogP contribution in [0, 0.1) is 11.3 Å². The highest BCUT2D eigenvalue weighted by Crippen LogP contribution is 2.25. The molecule has 0 saturated heterocycles. The van der Waals surface area contributed by atoms with E-state index in [-0.39, 0.29) is 23.5 Å². The minimum absolute atomic E-state index is 0.0841. The fraction of sp³-hybridized carbons (Fsp3) is 0.188. The number of methoxy groups -OCH3 is 1. The number of carbonyl (C=O) groups excluding carboxylic acids is 1. The van der Waals surface area contributed by atoms with Crippen LogP contribution >= 0.6 is 0 Å². The van der Waals surface area contributed by atoms with Crippen molar-refractivity contribution in [3.05, 3.63) is 45.8 Å². The number of hydrogen-bond acceptors (Lipinski definition) is 7. The van der Waals surface area contributed by atoms with Crippen molar-refractivity contribution in [1.29, 1.82) is 5.26 Å². The Bertz CT molecular complexity index is 889. The van der Waals surface area contributed by atoms with Crippen LogP contribution in [0.2, 0.25) is 0 Å². The summed E-state index contributed by atoms with van der Waals surface area (Å²) in [5, 5.41) is 9.64. The summed E-state index contributed by atoms with van der Waals surface area (Å²) in [6, 6.07) is 8.14. The van der Waals surface area contributed by atoms with Crippen molar-refractivity contribution >= 4 is 22.6 Å². The average molecular weight is 314 g/mol. The van der Waals surface area contributed by atoms with Crippen LogP contribution in [-0.2, 0) is 9.53 Å². The third kappa shape index (κ3) is 3.01. The minimum Gasteiger partial charge on any atom is -0.493 e. The highest BCUT2D eigenvalue weighted by molar-refractivity contribution is 6.01. The zero-order valence-electron chi connectivity index (χ0n) is 12.6. The van der Waals surface area contributed by atoms with E-state index in [0.29, 0.717) is 11.1 Å². The Morgan fingerprint density at radius 3 is 2.78 bits per heavy atom. The molecule has 7 nitrogen and oxygen atoms in total. The molecule has 1 heterocycles. The van der Waals surface area contributed by atoms with Crippen molar-refractivity contribution in [2.75, 3.05) is 13.7 Å². The molecule has 0 radical (unpaired) electrons. The molecule has 0 spiro atoms. The summed E-state index contributed by atoms with van der Waals surface area (Å²) >= 11 is 0. The van der Waals surface area contributed by atoms with Gasteiger partial charge in [-0.2, -0.15) is 5.26 Å². The van der Waals surface area contributed by atoms with Crippen LogP contribution in [0.25, 0.3) is 16.7 Å². The fourth-order valence-electron chi connectivity index (χ4n) is 2.02. The molecule has 118 valence electrons. The second-order valence-electron chi connectivity index (χ2n) is 4.45. The quantitative estimate of drug-likeness (QED) is 0.394. The molecule has 0 atom stereocenters. The highest BCUT2D eigenvalue weighted by atomic mass is 16.5. The zero-order valence-corrected chi connectivity index (χ0v) is 12.6. The van der Waals surface area contributed by atoms with Crippen molar-refractivity contribution in [1.82, 2.24) is 0 Å². The number of benzene rings is 1. The molecule has 7 heteroatoms. The molecule has 2 rings (SSSR count). The molecule has 0 aliphatic heterocycles. The number of fused-ring (bicyclic) bond motifs is 1. The molecule has 0 fully saturated rings. The highest BCUT2D eigenvalue weighted by Gasteiger charge is 2.19. The average Bonchev–Trinajstić information content (AvgIpc) is 2.54. The summed E-state index contributed by atoms with van der Waals surface area (Å²) < 4.78 is 15.1. The van der Waals surface area contributed by atoms with Gasteiger partial charge in [0.25, 0.3) is 0 Å². The Kier molecular flexibility index (Phi) is 4.66. The SMILES string of the molecule is CCOC(=O)C(C#N)=C(N)c1cc2cccc(OC)c2oc1=O. The Morgan fingerprint density at radius 2 is 2.17 bits per heavy atom. The van der Waals surface area contributed by atoms with Crippen LogP contribution < -0.4 is 16.1 Å². The second kappa shape index (κ2) is 6.66. The Hall–Kier alpha value is -3.27. The standard InChI is InChI=1S/C16H14N2O5/c1-3-22-15(19)11(8-17)13(18)10-7-9-5-4-6-12(21-2)14(9)23-16(10)20/h4-7H,3,18H2,1-2H3. The van der Waals surface area contributed by atoms with Gasteiger partial charge in [0.1, 0.15) is 6.07 Å². The molecule has 2 aromatic rings. The summed E-state index contributed by atoms with van der Waals surface area (Å²) in [7, 11) is 1.45.